The molecule has 0 aromatic heterocycles. The number of nitrogens with zero attached hydrogens (tertiary/aromatic N) is 1. The van der Waals surface area contributed by atoms with E-state index in [1.54, 1.807) is 13.8 Å². The van der Waals surface area contributed by atoms with Gasteiger partial charge >= 0.3 is 13.6 Å². The molecule has 0 radical (unpaired) electrons. The molecule has 0 bridgehead atoms. The van der Waals surface area contributed by atoms with Crippen molar-refractivity contribution in [2.45, 2.75) is 65.0 Å². The Bertz CT molecular complexity index is 1500. The Morgan fingerprint density at radius 2 is 1.53 bits per heavy atom. The minimum Gasteiger partial charge on any atom is -0.458 e. The van der Waals surface area contributed by atoms with Crippen molar-refractivity contribution in [2.24, 2.45) is 5.92 Å². The molecular weight excluding hydrogens is 561 g/mol. The molecule has 0 spiro atoms. The highest BCUT2D eigenvalue weighted by Gasteiger charge is 2.46. The lowest BCUT2D eigenvalue weighted by Gasteiger charge is -2.43. The Hall–Kier alpha value is -3.25. The molecule has 5 rings (SSSR count). The Kier molecular flexibility index (Phi) is 9.26. The lowest BCUT2D eigenvalue weighted by molar-refractivity contribution is -0.159. The molecule has 228 valence electrons. The van der Waals surface area contributed by atoms with Crippen LogP contribution in [-0.4, -0.2) is 49.3 Å². The number of benzene rings is 3. The SMILES string of the molecule is CCOP(=O)(CC(=O)[C@H]1CCCN(c2cccc3c2C(c2ccccc2)c2ccccc2-3)[C@H]1C(=O)OC(C)(C)C)OCC. The number of carbonyl (C=O) groups is 2. The van der Waals surface area contributed by atoms with Crippen LogP contribution in [0.15, 0.2) is 72.8 Å². The van der Waals surface area contributed by atoms with Gasteiger partial charge in [-0.05, 0) is 81.3 Å². The van der Waals surface area contributed by atoms with E-state index >= 15 is 0 Å². The van der Waals surface area contributed by atoms with Crippen molar-refractivity contribution in [1.82, 2.24) is 0 Å². The summed E-state index contributed by atoms with van der Waals surface area (Å²) in [4.78, 5) is 30.1. The molecule has 1 aliphatic heterocycles. The quantitative estimate of drug-likeness (QED) is 0.136. The van der Waals surface area contributed by atoms with Gasteiger partial charge in [0.2, 0.25) is 0 Å². The standard InChI is InChI=1S/C35H42NO6P/c1-6-40-43(39,41-7-2)23-30(37)28-20-14-22-36(33(28)34(38)42-35(3,4)5)29-21-13-19-27-25-17-11-12-18-26(25)31(32(27)29)24-15-9-8-10-16-24/h8-13,15-19,21,28,31,33H,6-7,14,20,22-23H2,1-5H3/t28-,31?,33-/m1/s1. The number of ketones is 1. The summed E-state index contributed by atoms with van der Waals surface area (Å²) in [6.07, 6.45) is 0.794. The zero-order chi connectivity index (χ0) is 30.8. The van der Waals surface area contributed by atoms with E-state index in [4.69, 9.17) is 13.8 Å². The number of hydrogen-bond acceptors (Lipinski definition) is 7. The lowest BCUT2D eigenvalue weighted by Crippen LogP contribution is -2.55. The van der Waals surface area contributed by atoms with Gasteiger partial charge in [-0.15, -0.1) is 0 Å². The summed E-state index contributed by atoms with van der Waals surface area (Å²) in [6, 6.07) is 24.1. The van der Waals surface area contributed by atoms with E-state index in [0.29, 0.717) is 19.4 Å². The fraction of sp³-hybridized carbons (Fsp3) is 0.429. The fourth-order valence-electron chi connectivity index (χ4n) is 6.57. The van der Waals surface area contributed by atoms with Gasteiger partial charge in [0.05, 0.1) is 13.2 Å². The van der Waals surface area contributed by atoms with Crippen molar-refractivity contribution in [1.29, 1.82) is 0 Å². The van der Waals surface area contributed by atoms with Crippen molar-refractivity contribution in [3.8, 4) is 11.1 Å². The first-order valence-electron chi connectivity index (χ1n) is 15.2. The van der Waals surface area contributed by atoms with E-state index in [-0.39, 0.29) is 31.1 Å². The normalized spacial score (nSPS) is 19.9. The number of anilines is 1. The van der Waals surface area contributed by atoms with Crippen LogP contribution in [0.3, 0.4) is 0 Å². The van der Waals surface area contributed by atoms with E-state index in [1.807, 2.05) is 45.0 Å². The third-order valence-electron chi connectivity index (χ3n) is 8.07. The van der Waals surface area contributed by atoms with E-state index < -0.39 is 31.1 Å². The molecule has 1 unspecified atom stereocenters. The highest BCUT2D eigenvalue weighted by atomic mass is 31.2. The van der Waals surface area contributed by atoms with Crippen LogP contribution >= 0.6 is 7.60 Å². The smallest absolute Gasteiger partial charge is 0.338 e. The maximum Gasteiger partial charge on any atom is 0.338 e. The number of rotatable bonds is 10. The molecule has 43 heavy (non-hydrogen) atoms. The van der Waals surface area contributed by atoms with E-state index in [2.05, 4.69) is 53.4 Å². The molecule has 8 heteroatoms. The lowest BCUT2D eigenvalue weighted by atomic mass is 9.83. The second-order valence-corrected chi connectivity index (χ2v) is 14.2. The van der Waals surface area contributed by atoms with Crippen LogP contribution in [0, 0.1) is 5.92 Å². The molecule has 3 aromatic rings. The van der Waals surface area contributed by atoms with E-state index in [0.717, 1.165) is 22.4 Å². The van der Waals surface area contributed by atoms with Gasteiger partial charge < -0.3 is 18.7 Å². The molecule has 1 aliphatic carbocycles. The molecule has 1 fully saturated rings. The summed E-state index contributed by atoms with van der Waals surface area (Å²) in [5.41, 5.74) is 5.94. The minimum absolute atomic E-state index is 0.0323. The third kappa shape index (κ3) is 6.50. The predicted molar refractivity (Wildman–Crippen MR) is 170 cm³/mol. The van der Waals surface area contributed by atoms with Crippen LogP contribution in [0.2, 0.25) is 0 Å². The van der Waals surface area contributed by atoms with Gasteiger partial charge in [-0.2, -0.15) is 0 Å². The van der Waals surface area contributed by atoms with E-state index in [1.165, 1.54) is 11.1 Å². The second kappa shape index (κ2) is 12.8. The summed E-state index contributed by atoms with van der Waals surface area (Å²) in [5.74, 6) is -1.53. The first kappa shape index (κ1) is 31.2. The largest absolute Gasteiger partial charge is 0.458 e. The Balaban J connectivity index is 1.62. The number of esters is 1. The van der Waals surface area contributed by atoms with Crippen molar-refractivity contribution >= 4 is 25.0 Å². The van der Waals surface area contributed by atoms with Crippen molar-refractivity contribution in [2.75, 3.05) is 30.8 Å². The highest BCUT2D eigenvalue weighted by molar-refractivity contribution is 7.54. The van der Waals surface area contributed by atoms with Crippen LogP contribution < -0.4 is 4.90 Å². The third-order valence-corrected chi connectivity index (χ3v) is 10.1. The van der Waals surface area contributed by atoms with Gasteiger partial charge in [0.1, 0.15) is 17.8 Å². The van der Waals surface area contributed by atoms with Gasteiger partial charge in [0, 0.05) is 24.1 Å². The number of ether oxygens (including phenoxy) is 1. The minimum atomic E-state index is -3.65. The molecule has 0 N–H and O–H groups in total. The van der Waals surface area contributed by atoms with Crippen LogP contribution in [0.5, 0.6) is 0 Å². The summed E-state index contributed by atoms with van der Waals surface area (Å²) in [6.45, 7) is 9.83. The predicted octanol–water partition coefficient (Wildman–Crippen LogP) is 7.61. The maximum atomic E-state index is 14.1. The van der Waals surface area contributed by atoms with Gasteiger partial charge in [-0.25, -0.2) is 4.79 Å². The summed E-state index contributed by atoms with van der Waals surface area (Å²) in [5, 5.41) is 0. The van der Waals surface area contributed by atoms with Crippen molar-refractivity contribution < 1.29 is 27.9 Å². The van der Waals surface area contributed by atoms with Crippen LogP contribution in [-0.2, 0) is 27.9 Å². The molecule has 7 nitrogen and oxygen atoms in total. The average Bonchev–Trinajstić information content (AvgIpc) is 3.31. The average molecular weight is 604 g/mol. The Morgan fingerprint density at radius 1 is 0.884 bits per heavy atom. The molecule has 0 saturated carbocycles. The topological polar surface area (TPSA) is 82.1 Å². The number of Topliss-reactive ketones (excluding diaryl/α,β-unsaturated/α-hetero) is 1. The van der Waals surface area contributed by atoms with Crippen LogP contribution in [0.4, 0.5) is 5.69 Å². The van der Waals surface area contributed by atoms with Crippen molar-refractivity contribution in [3.63, 3.8) is 0 Å². The highest BCUT2D eigenvalue weighted by Crippen LogP contribution is 2.53. The fourth-order valence-corrected chi connectivity index (χ4v) is 8.23. The number of fused-ring (bicyclic) bond motifs is 3. The van der Waals surface area contributed by atoms with Crippen molar-refractivity contribution in [3.05, 3.63) is 89.5 Å². The molecular formula is C35H42NO6P. The molecule has 3 aromatic carbocycles. The zero-order valence-electron chi connectivity index (χ0n) is 25.7. The van der Waals surface area contributed by atoms with Gasteiger partial charge in [-0.1, -0.05) is 66.7 Å². The van der Waals surface area contributed by atoms with Crippen LogP contribution in [0.25, 0.3) is 11.1 Å². The Labute approximate surface area is 255 Å². The second-order valence-electron chi connectivity index (χ2n) is 12.2. The number of hydrogen-bond donors (Lipinski definition) is 0. The van der Waals surface area contributed by atoms with Gasteiger partial charge in [0.15, 0.2) is 5.78 Å². The zero-order valence-corrected chi connectivity index (χ0v) is 26.6. The van der Waals surface area contributed by atoms with Gasteiger partial charge in [-0.3, -0.25) is 9.36 Å². The summed E-state index contributed by atoms with van der Waals surface area (Å²) in [7, 11) is -3.65. The maximum absolute atomic E-state index is 14.1. The molecule has 1 heterocycles. The van der Waals surface area contributed by atoms with Gasteiger partial charge in [0.25, 0.3) is 0 Å². The number of carbonyl (C=O) groups excluding carboxylic acids is 2. The Morgan fingerprint density at radius 3 is 2.21 bits per heavy atom. The molecule has 1 saturated heterocycles. The monoisotopic (exact) mass is 603 g/mol. The summed E-state index contributed by atoms with van der Waals surface area (Å²) < 4.78 is 30.3. The summed E-state index contributed by atoms with van der Waals surface area (Å²) >= 11 is 0. The first-order chi connectivity index (χ1) is 20.6. The molecule has 2 aliphatic rings. The first-order valence-corrected chi connectivity index (χ1v) is 17.0. The number of piperidine rings is 1. The molecule has 0 amide bonds. The van der Waals surface area contributed by atoms with E-state index in [9.17, 15) is 14.2 Å². The molecule has 3 atom stereocenters. The van der Waals surface area contributed by atoms with Crippen LogP contribution in [0.1, 0.15) is 70.1 Å².